The molecule has 2 heterocycles. The largest absolute Gasteiger partial charge is 0.370 e. The topological polar surface area (TPSA) is 58.4 Å². The molecule has 3 N–H and O–H groups in total. The van der Waals surface area contributed by atoms with Crippen LogP contribution in [0.25, 0.3) is 0 Å². The number of nitrogens with one attached hydrogen (secondary N) is 1. The number of benzene rings is 1. The Balaban J connectivity index is 1.83. The lowest BCUT2D eigenvalue weighted by atomic mass is 10.0. The smallest absolute Gasteiger partial charge is 0.219 e. The number of hydrogen-bond acceptors (Lipinski definition) is 3. The molecule has 3 unspecified atom stereocenters. The Kier molecular flexibility index (Phi) is 4.20. The van der Waals surface area contributed by atoms with Crippen molar-refractivity contribution in [3.05, 3.63) is 34.3 Å². The zero-order valence-corrected chi connectivity index (χ0v) is 13.1. The minimum atomic E-state index is -0.258. The van der Waals surface area contributed by atoms with Gasteiger partial charge in [0.2, 0.25) is 5.91 Å². The van der Waals surface area contributed by atoms with E-state index in [0.717, 1.165) is 42.3 Å². The van der Waals surface area contributed by atoms with E-state index in [1.165, 1.54) is 0 Å². The average Bonchev–Trinajstić information content (AvgIpc) is 3.00. The van der Waals surface area contributed by atoms with Crippen LogP contribution in [0.5, 0.6) is 0 Å². The molecule has 21 heavy (non-hydrogen) atoms. The number of aryl methyl sites for hydroxylation is 1. The first kappa shape index (κ1) is 14.8. The predicted octanol–water partition coefficient (Wildman–Crippen LogP) is 1.72. The summed E-state index contributed by atoms with van der Waals surface area (Å²) in [5.41, 5.74) is 7.62. The highest BCUT2D eigenvalue weighted by Crippen LogP contribution is 2.35. The highest BCUT2D eigenvalue weighted by molar-refractivity contribution is 6.31. The van der Waals surface area contributed by atoms with Gasteiger partial charge in [-0.3, -0.25) is 9.69 Å². The number of nitrogens with two attached hydrogens (primary N) is 1. The Bertz CT molecular complexity index is 536. The van der Waals surface area contributed by atoms with Crippen LogP contribution in [0.2, 0.25) is 5.02 Å². The molecule has 1 aromatic carbocycles. The van der Waals surface area contributed by atoms with E-state index in [-0.39, 0.29) is 11.9 Å². The highest BCUT2D eigenvalue weighted by atomic mass is 35.5. The third-order valence-electron chi connectivity index (χ3n) is 4.83. The third kappa shape index (κ3) is 3.07. The van der Waals surface area contributed by atoms with Crippen molar-refractivity contribution in [2.24, 2.45) is 17.6 Å². The minimum Gasteiger partial charge on any atom is -0.370 e. The van der Waals surface area contributed by atoms with Crippen LogP contribution in [-0.2, 0) is 4.79 Å². The second-order valence-electron chi connectivity index (χ2n) is 6.33. The molecule has 5 heteroatoms. The Morgan fingerprint density at radius 1 is 1.43 bits per heavy atom. The first-order chi connectivity index (χ1) is 10.0. The Morgan fingerprint density at radius 3 is 2.67 bits per heavy atom. The number of hydrogen-bond donors (Lipinski definition) is 2. The van der Waals surface area contributed by atoms with Crippen molar-refractivity contribution in [3.63, 3.8) is 0 Å². The van der Waals surface area contributed by atoms with Crippen LogP contribution in [0.3, 0.4) is 0 Å². The summed E-state index contributed by atoms with van der Waals surface area (Å²) < 4.78 is 0. The second-order valence-corrected chi connectivity index (χ2v) is 6.73. The lowest BCUT2D eigenvalue weighted by Gasteiger charge is -2.28. The Labute approximate surface area is 130 Å². The molecular formula is C16H22ClN3O. The maximum absolute atomic E-state index is 11.5. The summed E-state index contributed by atoms with van der Waals surface area (Å²) in [6.07, 6.45) is 0.353. The molecule has 114 valence electrons. The first-order valence-corrected chi connectivity index (χ1v) is 7.91. The van der Waals surface area contributed by atoms with Crippen molar-refractivity contribution in [3.8, 4) is 0 Å². The van der Waals surface area contributed by atoms with Gasteiger partial charge in [0.15, 0.2) is 0 Å². The number of primary amides is 1. The van der Waals surface area contributed by atoms with Gasteiger partial charge in [-0.15, -0.1) is 0 Å². The second kappa shape index (κ2) is 5.95. The Morgan fingerprint density at radius 2 is 2.10 bits per heavy atom. The number of halogens is 1. The molecule has 3 rings (SSSR count). The maximum Gasteiger partial charge on any atom is 0.219 e. The van der Waals surface area contributed by atoms with Crippen LogP contribution in [0.4, 0.5) is 0 Å². The van der Waals surface area contributed by atoms with Gasteiger partial charge >= 0.3 is 0 Å². The van der Waals surface area contributed by atoms with E-state index in [9.17, 15) is 4.79 Å². The van der Waals surface area contributed by atoms with Crippen molar-refractivity contribution in [2.75, 3.05) is 26.2 Å². The molecule has 1 aromatic rings. The van der Waals surface area contributed by atoms with Gasteiger partial charge in [0.25, 0.3) is 0 Å². The van der Waals surface area contributed by atoms with Gasteiger partial charge in [0, 0.05) is 30.6 Å². The normalized spacial score (nSPS) is 26.8. The van der Waals surface area contributed by atoms with Crippen LogP contribution in [0, 0.1) is 18.8 Å². The van der Waals surface area contributed by atoms with Gasteiger partial charge in [-0.2, -0.15) is 0 Å². The quantitative estimate of drug-likeness (QED) is 0.890. The molecule has 0 spiro atoms. The maximum atomic E-state index is 11.5. The van der Waals surface area contributed by atoms with Crippen molar-refractivity contribution in [1.82, 2.24) is 10.2 Å². The van der Waals surface area contributed by atoms with Crippen molar-refractivity contribution in [2.45, 2.75) is 19.4 Å². The molecule has 3 atom stereocenters. The molecule has 2 saturated heterocycles. The molecule has 0 aliphatic carbocycles. The first-order valence-electron chi connectivity index (χ1n) is 7.53. The molecule has 2 aliphatic heterocycles. The standard InChI is InChI=1S/C16H22ClN3O/c1-10-2-3-11(4-14(10)17)15(5-16(18)21)20-8-12-6-19-7-13(12)9-20/h2-4,12-13,15,19H,5-9H2,1H3,(H2,18,21). The van der Waals surface area contributed by atoms with E-state index in [2.05, 4.69) is 16.3 Å². The molecular weight excluding hydrogens is 286 g/mol. The average molecular weight is 308 g/mol. The molecule has 0 bridgehead atoms. The SMILES string of the molecule is Cc1ccc(C(CC(N)=O)N2CC3CNCC3C2)cc1Cl. The third-order valence-corrected chi connectivity index (χ3v) is 5.24. The monoisotopic (exact) mass is 307 g/mol. The Hall–Kier alpha value is -1.10. The number of likely N-dealkylation sites (tertiary alicyclic amines) is 1. The van der Waals surface area contributed by atoms with Crippen molar-refractivity contribution in [1.29, 1.82) is 0 Å². The number of carbonyl (C=O) groups excluding carboxylic acids is 1. The number of amides is 1. The van der Waals surface area contributed by atoms with Crippen LogP contribution < -0.4 is 11.1 Å². The molecule has 4 nitrogen and oxygen atoms in total. The summed E-state index contributed by atoms with van der Waals surface area (Å²) in [6, 6.07) is 6.12. The fourth-order valence-corrected chi connectivity index (χ4v) is 3.80. The molecule has 0 aromatic heterocycles. The zero-order valence-electron chi connectivity index (χ0n) is 12.3. The van der Waals surface area contributed by atoms with Crippen LogP contribution in [0.15, 0.2) is 18.2 Å². The fourth-order valence-electron chi connectivity index (χ4n) is 3.61. The molecule has 1 amide bonds. The van der Waals surface area contributed by atoms with Gasteiger partial charge in [0.05, 0.1) is 0 Å². The summed E-state index contributed by atoms with van der Waals surface area (Å²) in [7, 11) is 0. The van der Waals surface area contributed by atoms with E-state index in [0.29, 0.717) is 18.3 Å². The highest BCUT2D eigenvalue weighted by Gasteiger charge is 2.39. The van der Waals surface area contributed by atoms with E-state index < -0.39 is 0 Å². The van der Waals surface area contributed by atoms with Crippen LogP contribution >= 0.6 is 11.6 Å². The predicted molar refractivity (Wildman–Crippen MR) is 84.2 cm³/mol. The van der Waals surface area contributed by atoms with Gasteiger partial charge < -0.3 is 11.1 Å². The molecule has 2 aliphatic rings. The zero-order chi connectivity index (χ0) is 15.0. The number of rotatable bonds is 4. The van der Waals surface area contributed by atoms with E-state index >= 15 is 0 Å². The lowest BCUT2D eigenvalue weighted by Crippen LogP contribution is -2.32. The lowest BCUT2D eigenvalue weighted by molar-refractivity contribution is -0.119. The van der Waals surface area contributed by atoms with Gasteiger partial charge in [-0.1, -0.05) is 23.7 Å². The van der Waals surface area contributed by atoms with Crippen LogP contribution in [0.1, 0.15) is 23.6 Å². The van der Waals surface area contributed by atoms with E-state index in [1.54, 1.807) is 0 Å². The van der Waals surface area contributed by atoms with Crippen LogP contribution in [-0.4, -0.2) is 37.0 Å². The molecule has 2 fully saturated rings. The summed E-state index contributed by atoms with van der Waals surface area (Å²) in [5.74, 6) is 1.13. The summed E-state index contributed by atoms with van der Waals surface area (Å²) in [6.45, 7) is 6.21. The number of nitrogens with zero attached hydrogens (tertiary/aromatic N) is 1. The summed E-state index contributed by atoms with van der Waals surface area (Å²) in [5, 5.41) is 4.19. The summed E-state index contributed by atoms with van der Waals surface area (Å²) >= 11 is 6.25. The number of fused-ring (bicyclic) bond motifs is 1. The van der Waals surface area contributed by atoms with Gasteiger partial charge in [-0.05, 0) is 49.0 Å². The molecule has 0 radical (unpaired) electrons. The van der Waals surface area contributed by atoms with Gasteiger partial charge in [-0.25, -0.2) is 0 Å². The van der Waals surface area contributed by atoms with Gasteiger partial charge in [0.1, 0.15) is 0 Å². The van der Waals surface area contributed by atoms with Crippen molar-refractivity contribution < 1.29 is 4.79 Å². The summed E-state index contributed by atoms with van der Waals surface area (Å²) in [4.78, 5) is 13.9. The number of carbonyl (C=O) groups is 1. The van der Waals surface area contributed by atoms with Crippen molar-refractivity contribution >= 4 is 17.5 Å². The fraction of sp³-hybridized carbons (Fsp3) is 0.562. The minimum absolute atomic E-state index is 0.0474. The molecule has 0 saturated carbocycles. The van der Waals surface area contributed by atoms with E-state index in [4.69, 9.17) is 17.3 Å². The van der Waals surface area contributed by atoms with E-state index in [1.807, 2.05) is 19.1 Å².